The molecule has 11 nitrogen and oxygen atoms in total. The van der Waals surface area contributed by atoms with Crippen molar-refractivity contribution < 1.29 is 40.6 Å². The van der Waals surface area contributed by atoms with E-state index < -0.39 is 70.2 Å². The van der Waals surface area contributed by atoms with Crippen molar-refractivity contribution in [1.82, 2.24) is 10.2 Å². The summed E-state index contributed by atoms with van der Waals surface area (Å²) in [6.07, 6.45) is -0.201. The number of aryl methyl sites for hydroxylation is 1. The Morgan fingerprint density at radius 2 is 1.69 bits per heavy atom. The number of rotatable bonds is 5. The highest BCUT2D eigenvalue weighted by atomic mass is 32.2. The summed E-state index contributed by atoms with van der Waals surface area (Å²) in [4.78, 5) is 49.6. The monoisotopic (exact) mass is 520 g/mol. The standard InChI is InChI=1S/C22H20N2O9S2/c1-11-6-8-16(35(31,32)33)14(10-11)12(2)34(29,30)17-5-3-4-13-19(17)22(28)24(21(13)27)15-7-9-18(25)23-20(15)26/h3-6,8,10,12,15H,7,9H2,1-2H3,(H,23,25,26)(H,31,32,33). The van der Waals surface area contributed by atoms with Gasteiger partial charge in [0, 0.05) is 6.42 Å². The Morgan fingerprint density at radius 1 is 1.00 bits per heavy atom. The number of carbonyl (C=O) groups excluding carboxylic acids is 4. The molecule has 4 rings (SSSR count). The highest BCUT2D eigenvalue weighted by Gasteiger charge is 2.47. The molecule has 0 bridgehead atoms. The van der Waals surface area contributed by atoms with Crippen molar-refractivity contribution >= 4 is 43.6 Å². The summed E-state index contributed by atoms with van der Waals surface area (Å²) < 4.78 is 60.7. The number of hydrogen-bond acceptors (Lipinski definition) is 8. The summed E-state index contributed by atoms with van der Waals surface area (Å²) in [6.45, 7) is 2.81. The molecule has 0 spiro atoms. The van der Waals surface area contributed by atoms with E-state index in [0.717, 1.165) is 12.1 Å². The van der Waals surface area contributed by atoms with E-state index in [1.807, 2.05) is 0 Å². The van der Waals surface area contributed by atoms with Crippen LogP contribution in [0, 0.1) is 6.92 Å². The van der Waals surface area contributed by atoms with Crippen molar-refractivity contribution in [2.75, 3.05) is 0 Å². The molecule has 2 aromatic rings. The first-order valence-electron chi connectivity index (χ1n) is 10.4. The zero-order valence-corrected chi connectivity index (χ0v) is 20.1. The number of benzene rings is 2. The molecular weight excluding hydrogens is 500 g/mol. The lowest BCUT2D eigenvalue weighted by Gasteiger charge is -2.27. The zero-order chi connectivity index (χ0) is 25.9. The van der Waals surface area contributed by atoms with E-state index in [9.17, 15) is 40.6 Å². The third-order valence-electron chi connectivity index (χ3n) is 6.08. The molecule has 2 unspecified atom stereocenters. The first kappa shape index (κ1) is 24.7. The fraction of sp³-hybridized carbons (Fsp3) is 0.273. The number of hydrogen-bond donors (Lipinski definition) is 2. The van der Waals surface area contributed by atoms with Gasteiger partial charge < -0.3 is 0 Å². The fourth-order valence-electron chi connectivity index (χ4n) is 4.30. The molecule has 13 heteroatoms. The lowest BCUT2D eigenvalue weighted by Crippen LogP contribution is -2.54. The number of fused-ring (bicyclic) bond motifs is 1. The number of nitrogens with one attached hydrogen (secondary N) is 1. The van der Waals surface area contributed by atoms with Gasteiger partial charge in [0.05, 0.1) is 26.2 Å². The van der Waals surface area contributed by atoms with Crippen LogP contribution in [0.5, 0.6) is 0 Å². The maximum absolute atomic E-state index is 13.6. The molecule has 1 fully saturated rings. The molecule has 184 valence electrons. The highest BCUT2D eigenvalue weighted by molar-refractivity contribution is 7.92. The fourth-order valence-corrected chi connectivity index (χ4v) is 6.81. The van der Waals surface area contributed by atoms with Gasteiger partial charge in [-0.15, -0.1) is 0 Å². The van der Waals surface area contributed by atoms with Gasteiger partial charge in [0.1, 0.15) is 6.04 Å². The van der Waals surface area contributed by atoms with Gasteiger partial charge in [-0.05, 0) is 44.0 Å². The lowest BCUT2D eigenvalue weighted by atomic mass is 10.0. The molecule has 0 radical (unpaired) electrons. The number of carbonyl (C=O) groups is 4. The maximum Gasteiger partial charge on any atom is 0.294 e. The van der Waals surface area contributed by atoms with Gasteiger partial charge >= 0.3 is 0 Å². The predicted octanol–water partition coefficient (Wildman–Crippen LogP) is 1.18. The quantitative estimate of drug-likeness (QED) is 0.434. The maximum atomic E-state index is 13.6. The molecule has 0 aliphatic carbocycles. The van der Waals surface area contributed by atoms with Gasteiger partial charge in [-0.1, -0.05) is 23.8 Å². The Labute approximate surface area is 200 Å². The minimum atomic E-state index is -4.77. The molecule has 1 saturated heterocycles. The van der Waals surface area contributed by atoms with Crippen LogP contribution in [0.3, 0.4) is 0 Å². The molecule has 2 atom stereocenters. The Kier molecular flexibility index (Phi) is 5.90. The first-order chi connectivity index (χ1) is 16.2. The van der Waals surface area contributed by atoms with Crippen LogP contribution < -0.4 is 5.32 Å². The van der Waals surface area contributed by atoms with E-state index in [0.29, 0.717) is 10.5 Å². The molecule has 2 aliphatic rings. The van der Waals surface area contributed by atoms with Crippen molar-refractivity contribution in [2.45, 2.75) is 47.8 Å². The second kappa shape index (κ2) is 8.36. The van der Waals surface area contributed by atoms with E-state index in [2.05, 4.69) is 5.32 Å². The lowest BCUT2D eigenvalue weighted by molar-refractivity contribution is -0.136. The van der Waals surface area contributed by atoms with Crippen molar-refractivity contribution in [1.29, 1.82) is 0 Å². The van der Waals surface area contributed by atoms with Gasteiger partial charge in [0.2, 0.25) is 11.8 Å². The van der Waals surface area contributed by atoms with Gasteiger partial charge in [-0.2, -0.15) is 8.42 Å². The Hall–Kier alpha value is -3.42. The zero-order valence-electron chi connectivity index (χ0n) is 18.5. The van der Waals surface area contributed by atoms with Crippen molar-refractivity contribution in [3.63, 3.8) is 0 Å². The summed E-state index contributed by atoms with van der Waals surface area (Å²) in [5, 5.41) is 0.532. The van der Waals surface area contributed by atoms with E-state index >= 15 is 0 Å². The number of amides is 4. The van der Waals surface area contributed by atoms with E-state index in [1.54, 1.807) is 6.92 Å². The largest absolute Gasteiger partial charge is 0.295 e. The molecule has 0 saturated carbocycles. The van der Waals surface area contributed by atoms with Gasteiger partial charge in [0.15, 0.2) is 9.84 Å². The second-order valence-corrected chi connectivity index (χ2v) is 12.0. The van der Waals surface area contributed by atoms with E-state index in [1.165, 1.54) is 31.2 Å². The Morgan fingerprint density at radius 3 is 2.31 bits per heavy atom. The second-order valence-electron chi connectivity index (χ2n) is 8.33. The molecule has 2 N–H and O–H groups in total. The molecule has 4 amide bonds. The average Bonchev–Trinajstić information content (AvgIpc) is 3.02. The molecule has 2 heterocycles. The van der Waals surface area contributed by atoms with Crippen molar-refractivity contribution in [3.8, 4) is 0 Å². The molecule has 2 aliphatic heterocycles. The first-order valence-corrected chi connectivity index (χ1v) is 13.4. The molecule has 2 aromatic carbocycles. The van der Waals surface area contributed by atoms with Crippen LogP contribution in [0.15, 0.2) is 46.2 Å². The van der Waals surface area contributed by atoms with Crippen molar-refractivity contribution in [2.24, 2.45) is 0 Å². The average molecular weight is 521 g/mol. The summed E-state index contributed by atoms with van der Waals surface area (Å²) in [6, 6.07) is 6.13. The Bertz CT molecular complexity index is 1530. The van der Waals surface area contributed by atoms with E-state index in [-0.39, 0.29) is 24.0 Å². The smallest absolute Gasteiger partial charge is 0.294 e. The van der Waals surface area contributed by atoms with Crippen LogP contribution in [-0.4, -0.2) is 56.0 Å². The van der Waals surface area contributed by atoms with Crippen molar-refractivity contribution in [3.05, 3.63) is 58.7 Å². The van der Waals surface area contributed by atoms with Crippen LogP contribution in [-0.2, 0) is 29.5 Å². The van der Waals surface area contributed by atoms with Crippen LogP contribution in [0.4, 0.5) is 0 Å². The van der Waals surface area contributed by atoms with Crippen LogP contribution in [0.2, 0.25) is 0 Å². The summed E-state index contributed by atoms with van der Waals surface area (Å²) in [5.74, 6) is -3.28. The summed E-state index contributed by atoms with van der Waals surface area (Å²) >= 11 is 0. The third kappa shape index (κ3) is 4.05. The molecule has 35 heavy (non-hydrogen) atoms. The Balaban J connectivity index is 1.82. The minimum absolute atomic E-state index is 0.0994. The minimum Gasteiger partial charge on any atom is -0.295 e. The normalized spacial score (nSPS) is 19.5. The molecule has 0 aromatic heterocycles. The predicted molar refractivity (Wildman–Crippen MR) is 120 cm³/mol. The molecular formula is C22H20N2O9S2. The summed E-state index contributed by atoms with van der Waals surface area (Å²) in [5.41, 5.74) is -0.339. The van der Waals surface area contributed by atoms with Crippen LogP contribution >= 0.6 is 0 Å². The number of piperidine rings is 1. The van der Waals surface area contributed by atoms with Crippen LogP contribution in [0.1, 0.15) is 56.9 Å². The highest BCUT2D eigenvalue weighted by Crippen LogP contribution is 2.38. The SMILES string of the molecule is Cc1ccc(S(=O)(=O)O)c(C(C)S(=O)(=O)c2cccc3c2C(=O)N(C2CCC(=O)NC2=O)C3=O)c1. The van der Waals surface area contributed by atoms with Gasteiger partial charge in [-0.25, -0.2) is 8.42 Å². The van der Waals surface area contributed by atoms with Crippen LogP contribution in [0.25, 0.3) is 0 Å². The number of imide groups is 2. The summed E-state index contributed by atoms with van der Waals surface area (Å²) in [7, 11) is -9.25. The van der Waals surface area contributed by atoms with Gasteiger partial charge in [0.25, 0.3) is 21.9 Å². The van der Waals surface area contributed by atoms with Gasteiger partial charge in [-0.3, -0.25) is 33.9 Å². The topological polar surface area (TPSA) is 172 Å². The number of nitrogens with zero attached hydrogens (tertiary/aromatic N) is 1. The van der Waals surface area contributed by atoms with E-state index in [4.69, 9.17) is 0 Å². The third-order valence-corrected chi connectivity index (χ3v) is 9.15. The number of sulfone groups is 1.